The van der Waals surface area contributed by atoms with Gasteiger partial charge in [0.1, 0.15) is 5.39 Å². The van der Waals surface area contributed by atoms with Gasteiger partial charge in [-0.2, -0.15) is 0 Å². The number of carbonyl (C=O) groups excluding carboxylic acids is 1. The van der Waals surface area contributed by atoms with Crippen LogP contribution in [0.4, 0.5) is 5.69 Å². The molecule has 180 valence electrons. The zero-order valence-corrected chi connectivity index (χ0v) is 20.3. The number of rotatable bonds is 7. The second-order valence-electron chi connectivity index (χ2n) is 7.93. The third-order valence-electron chi connectivity index (χ3n) is 5.48. The van der Waals surface area contributed by atoms with Crippen molar-refractivity contribution in [3.8, 4) is 17.2 Å². The molecule has 0 aliphatic carbocycles. The Bertz CT molecular complexity index is 1380. The highest BCUT2D eigenvalue weighted by molar-refractivity contribution is 6.07. The summed E-state index contributed by atoms with van der Waals surface area (Å²) in [7, 11) is 7.44. The number of amides is 1. The van der Waals surface area contributed by atoms with Crippen LogP contribution in [0.3, 0.4) is 0 Å². The highest BCUT2D eigenvalue weighted by Crippen LogP contribution is 2.38. The van der Waals surface area contributed by atoms with Crippen LogP contribution in [-0.2, 0) is 18.9 Å². The number of carbonyl (C=O) groups is 1. The minimum atomic E-state index is -0.531. The van der Waals surface area contributed by atoms with Gasteiger partial charge in [0, 0.05) is 26.4 Å². The lowest BCUT2D eigenvalue weighted by Crippen LogP contribution is -2.38. The fraction of sp³-hybridized carbons (Fsp3) is 0.333. The number of fused-ring (bicyclic) bond motifs is 1. The fourth-order valence-electron chi connectivity index (χ4n) is 3.65. The van der Waals surface area contributed by atoms with E-state index in [0.29, 0.717) is 34.1 Å². The number of ether oxygens (including phenoxy) is 3. The quantitative estimate of drug-likeness (QED) is 0.530. The minimum absolute atomic E-state index is 0.0340. The summed E-state index contributed by atoms with van der Waals surface area (Å²) in [5.74, 6) is 0.854. The summed E-state index contributed by atoms with van der Waals surface area (Å²) in [5, 5.41) is 2.99. The van der Waals surface area contributed by atoms with Crippen molar-refractivity contribution in [1.29, 1.82) is 0 Å². The van der Waals surface area contributed by atoms with Crippen molar-refractivity contribution in [2.24, 2.45) is 14.1 Å². The molecule has 34 heavy (non-hydrogen) atoms. The average Bonchev–Trinajstić information content (AvgIpc) is 2.83. The van der Waals surface area contributed by atoms with Gasteiger partial charge in [-0.25, -0.2) is 9.78 Å². The molecule has 1 aromatic carbocycles. The van der Waals surface area contributed by atoms with Gasteiger partial charge in [-0.1, -0.05) is 13.8 Å². The molecule has 0 bridgehead atoms. The Hall–Kier alpha value is -4.08. The molecule has 10 nitrogen and oxygen atoms in total. The molecule has 0 radical (unpaired) electrons. The summed E-state index contributed by atoms with van der Waals surface area (Å²) in [6.07, 6.45) is 4.50. The van der Waals surface area contributed by atoms with Crippen LogP contribution in [0.25, 0.3) is 17.1 Å². The molecule has 1 N–H and O–H groups in total. The first kappa shape index (κ1) is 24.6. The van der Waals surface area contributed by atoms with E-state index in [1.54, 1.807) is 24.4 Å². The van der Waals surface area contributed by atoms with Gasteiger partial charge in [-0.3, -0.25) is 18.7 Å². The Balaban J connectivity index is 2.07. The van der Waals surface area contributed by atoms with Crippen molar-refractivity contribution < 1.29 is 19.0 Å². The van der Waals surface area contributed by atoms with Crippen molar-refractivity contribution in [2.75, 3.05) is 26.6 Å². The van der Waals surface area contributed by atoms with Crippen LogP contribution in [0, 0.1) is 0 Å². The van der Waals surface area contributed by atoms with E-state index in [1.807, 2.05) is 13.8 Å². The highest BCUT2D eigenvalue weighted by Gasteiger charge is 2.20. The van der Waals surface area contributed by atoms with Gasteiger partial charge in [-0.05, 0) is 35.3 Å². The maximum atomic E-state index is 13.0. The van der Waals surface area contributed by atoms with Crippen molar-refractivity contribution in [2.45, 2.75) is 19.8 Å². The summed E-state index contributed by atoms with van der Waals surface area (Å²) in [4.78, 5) is 42.5. The molecule has 0 saturated carbocycles. The highest BCUT2D eigenvalue weighted by atomic mass is 16.5. The number of hydrogen-bond donors (Lipinski definition) is 1. The van der Waals surface area contributed by atoms with Crippen molar-refractivity contribution >= 4 is 28.7 Å². The van der Waals surface area contributed by atoms with Crippen LogP contribution in [0.15, 0.2) is 34.0 Å². The van der Waals surface area contributed by atoms with Crippen LogP contribution >= 0.6 is 0 Å². The molecule has 3 rings (SSSR count). The van der Waals surface area contributed by atoms with Crippen LogP contribution < -0.4 is 30.8 Å². The normalized spacial score (nSPS) is 11.3. The molecule has 10 heteroatoms. The lowest BCUT2D eigenvalue weighted by molar-refractivity contribution is -0.111. The van der Waals surface area contributed by atoms with E-state index in [0.717, 1.165) is 4.57 Å². The predicted molar refractivity (Wildman–Crippen MR) is 130 cm³/mol. The van der Waals surface area contributed by atoms with Crippen LogP contribution in [0.5, 0.6) is 17.2 Å². The Morgan fingerprint density at radius 2 is 1.65 bits per heavy atom. The van der Waals surface area contributed by atoms with Gasteiger partial charge in [0.2, 0.25) is 11.7 Å². The molecule has 2 aromatic heterocycles. The van der Waals surface area contributed by atoms with E-state index < -0.39 is 17.2 Å². The summed E-state index contributed by atoms with van der Waals surface area (Å²) >= 11 is 0. The number of hydrogen-bond acceptors (Lipinski definition) is 7. The predicted octanol–water partition coefficient (Wildman–Crippen LogP) is 2.43. The Morgan fingerprint density at radius 3 is 2.18 bits per heavy atom. The van der Waals surface area contributed by atoms with Gasteiger partial charge in [0.25, 0.3) is 5.56 Å². The maximum absolute atomic E-state index is 13.0. The minimum Gasteiger partial charge on any atom is -0.493 e. The molecule has 0 saturated heterocycles. The standard InChI is InChI=1S/C24H28N4O6/c1-13(2)15-12-25-22-19(23(30)28(4)24(31)27(22)3)20(15)26-18(29)9-8-14-10-16(32-5)21(34-7)17(11-14)33-6/h8-13H,1-7H3,(H,25,26,29)/b9-8-. The SMILES string of the molecule is COc1cc(/C=C\C(=O)Nc2c(C(C)C)cnc3c2c(=O)n(C)c(=O)n3C)cc(OC)c1OC. The van der Waals surface area contributed by atoms with Crippen LogP contribution in [-0.4, -0.2) is 41.4 Å². The lowest BCUT2D eigenvalue weighted by atomic mass is 10.0. The second kappa shape index (κ2) is 9.82. The van der Waals surface area contributed by atoms with Crippen molar-refractivity contribution in [1.82, 2.24) is 14.1 Å². The lowest BCUT2D eigenvalue weighted by Gasteiger charge is -2.17. The maximum Gasteiger partial charge on any atom is 0.332 e. The molecular weight excluding hydrogens is 440 g/mol. The molecule has 1 amide bonds. The molecule has 0 fully saturated rings. The number of benzene rings is 1. The summed E-state index contributed by atoms with van der Waals surface area (Å²) in [6, 6.07) is 3.41. The third-order valence-corrected chi connectivity index (χ3v) is 5.48. The summed E-state index contributed by atoms with van der Waals surface area (Å²) in [6.45, 7) is 3.85. The first-order valence-corrected chi connectivity index (χ1v) is 10.5. The number of nitrogens with zero attached hydrogens (tertiary/aromatic N) is 3. The Labute approximate surface area is 196 Å². The van der Waals surface area contributed by atoms with Crippen LogP contribution in [0.2, 0.25) is 0 Å². The van der Waals surface area contributed by atoms with E-state index in [9.17, 15) is 14.4 Å². The summed E-state index contributed by atoms with van der Waals surface area (Å²) < 4.78 is 18.3. The molecule has 3 aromatic rings. The Kier molecular flexibility index (Phi) is 7.09. The first-order valence-electron chi connectivity index (χ1n) is 10.5. The number of anilines is 1. The van der Waals surface area contributed by atoms with Crippen LogP contribution in [0.1, 0.15) is 30.9 Å². The zero-order valence-electron chi connectivity index (χ0n) is 20.3. The molecule has 0 spiro atoms. The molecule has 0 atom stereocenters. The average molecular weight is 469 g/mol. The van der Waals surface area contributed by atoms with E-state index in [1.165, 1.54) is 46.1 Å². The van der Waals surface area contributed by atoms with Gasteiger partial charge < -0.3 is 19.5 Å². The number of aryl methyl sites for hydroxylation is 1. The summed E-state index contributed by atoms with van der Waals surface area (Å²) in [5.41, 5.74) is 0.820. The van der Waals surface area contributed by atoms with Crippen molar-refractivity contribution in [3.63, 3.8) is 0 Å². The first-order chi connectivity index (χ1) is 16.1. The third kappa shape index (κ3) is 4.39. The smallest absolute Gasteiger partial charge is 0.332 e. The van der Waals surface area contributed by atoms with Gasteiger partial charge in [0.05, 0.1) is 27.0 Å². The molecular formula is C24H28N4O6. The number of aromatic nitrogens is 3. The molecule has 2 heterocycles. The largest absolute Gasteiger partial charge is 0.493 e. The molecule has 0 aliphatic heterocycles. The second-order valence-corrected chi connectivity index (χ2v) is 7.93. The fourth-order valence-corrected chi connectivity index (χ4v) is 3.65. The van der Waals surface area contributed by atoms with Gasteiger partial charge >= 0.3 is 5.69 Å². The molecule has 0 aliphatic rings. The molecule has 0 unspecified atom stereocenters. The monoisotopic (exact) mass is 468 g/mol. The zero-order chi connectivity index (χ0) is 25.2. The number of nitrogens with one attached hydrogen (secondary N) is 1. The van der Waals surface area contributed by atoms with Crippen molar-refractivity contribution in [3.05, 3.63) is 56.4 Å². The van der Waals surface area contributed by atoms with E-state index in [2.05, 4.69) is 10.3 Å². The Morgan fingerprint density at radius 1 is 1.03 bits per heavy atom. The topological polar surface area (TPSA) is 114 Å². The van der Waals surface area contributed by atoms with E-state index in [4.69, 9.17) is 14.2 Å². The van der Waals surface area contributed by atoms with Gasteiger partial charge in [-0.15, -0.1) is 0 Å². The van der Waals surface area contributed by atoms with E-state index >= 15 is 0 Å². The van der Waals surface area contributed by atoms with Gasteiger partial charge in [0.15, 0.2) is 17.1 Å². The van der Waals surface area contributed by atoms with E-state index in [-0.39, 0.29) is 17.0 Å². The number of pyridine rings is 1. The number of methoxy groups -OCH3 is 3.